The first-order valence-corrected chi connectivity index (χ1v) is 13.5. The van der Waals surface area contributed by atoms with Crippen molar-refractivity contribution in [3.05, 3.63) is 66.2 Å². The fraction of sp³-hybridized carbons (Fsp3) is 0.367. The molecule has 3 saturated heterocycles. The van der Waals surface area contributed by atoms with Crippen molar-refractivity contribution >= 4 is 17.2 Å². The Morgan fingerprint density at radius 2 is 1.95 bits per heavy atom. The Bertz CT molecular complexity index is 1610. The molecule has 0 spiro atoms. The van der Waals surface area contributed by atoms with Crippen LogP contribution >= 0.6 is 0 Å². The highest BCUT2D eigenvalue weighted by atomic mass is 16.5. The third kappa shape index (κ3) is 5.26. The van der Waals surface area contributed by atoms with Crippen LogP contribution in [0.1, 0.15) is 31.4 Å². The Hall–Kier alpha value is -4.69. The molecule has 2 bridgehead atoms. The van der Waals surface area contributed by atoms with Crippen molar-refractivity contribution in [1.82, 2.24) is 24.5 Å². The summed E-state index contributed by atoms with van der Waals surface area (Å²) in [5.74, 6) is 2.01. The zero-order chi connectivity index (χ0) is 28.7. The van der Waals surface area contributed by atoms with E-state index in [0.717, 1.165) is 42.0 Å². The molecule has 0 aliphatic carbocycles. The lowest BCUT2D eigenvalue weighted by Gasteiger charge is -2.56. The zero-order valence-corrected chi connectivity index (χ0v) is 23.2. The van der Waals surface area contributed by atoms with Crippen molar-refractivity contribution < 1.29 is 19.4 Å². The molecule has 11 nitrogen and oxygen atoms in total. The molecule has 1 amide bonds. The molecule has 4 aromatic heterocycles. The quantitative estimate of drug-likeness (QED) is 0.350. The van der Waals surface area contributed by atoms with Crippen molar-refractivity contribution in [3.63, 3.8) is 0 Å². The van der Waals surface area contributed by atoms with Gasteiger partial charge in [-0.1, -0.05) is 6.07 Å². The number of carbonyl (C=O) groups is 1. The average Bonchev–Trinajstić information content (AvgIpc) is 3.39. The number of aromatic nitrogens is 4. The summed E-state index contributed by atoms with van der Waals surface area (Å²) in [7, 11) is 1.57. The summed E-state index contributed by atoms with van der Waals surface area (Å²) in [6.07, 6.45) is 8.02. The molecule has 3 aliphatic heterocycles. The second-order valence-electron chi connectivity index (χ2n) is 11.2. The number of hydrogen-bond acceptors (Lipinski definition) is 9. The third-order valence-electron chi connectivity index (χ3n) is 7.53. The Morgan fingerprint density at radius 3 is 2.59 bits per heavy atom. The minimum Gasteiger partial charge on any atom is -0.489 e. The van der Waals surface area contributed by atoms with Crippen molar-refractivity contribution in [3.8, 4) is 28.8 Å². The fourth-order valence-electron chi connectivity index (χ4n) is 5.58. The van der Waals surface area contributed by atoms with E-state index >= 15 is 0 Å². The number of nitrogens with zero attached hydrogens (tertiary/aromatic N) is 7. The van der Waals surface area contributed by atoms with Crippen molar-refractivity contribution in [2.24, 2.45) is 0 Å². The molecule has 0 saturated carbocycles. The van der Waals surface area contributed by atoms with E-state index in [1.165, 1.54) is 6.20 Å². The van der Waals surface area contributed by atoms with Crippen LogP contribution in [0.4, 0.5) is 5.82 Å². The second kappa shape index (κ2) is 10.4. The van der Waals surface area contributed by atoms with Crippen LogP contribution in [-0.4, -0.2) is 80.0 Å². The SMILES string of the molecule is COc1ccc(CC(=O)N2C3CC2CN(c2ccc(-c4cc(OCC(C)(C)O)cn5ncc(C#N)c45)cn2)C3)cn1. The Kier molecular flexibility index (Phi) is 6.71. The minimum atomic E-state index is -0.998. The predicted molar refractivity (Wildman–Crippen MR) is 151 cm³/mol. The van der Waals surface area contributed by atoms with Crippen LogP contribution in [0.3, 0.4) is 0 Å². The van der Waals surface area contributed by atoms with Crippen molar-refractivity contribution in [2.45, 2.75) is 44.4 Å². The van der Waals surface area contributed by atoms with E-state index in [9.17, 15) is 15.2 Å². The number of anilines is 1. The summed E-state index contributed by atoms with van der Waals surface area (Å²) in [6.45, 7) is 4.90. The summed E-state index contributed by atoms with van der Waals surface area (Å²) in [5.41, 5.74) is 2.57. The Balaban J connectivity index is 1.17. The maximum absolute atomic E-state index is 13.1. The summed E-state index contributed by atoms with van der Waals surface area (Å²) >= 11 is 0. The van der Waals surface area contributed by atoms with E-state index in [1.54, 1.807) is 50.1 Å². The van der Waals surface area contributed by atoms with Gasteiger partial charge in [0, 0.05) is 42.7 Å². The van der Waals surface area contributed by atoms with Crippen LogP contribution in [0, 0.1) is 11.3 Å². The van der Waals surface area contributed by atoms with Gasteiger partial charge in [0.05, 0.1) is 54.7 Å². The molecule has 41 heavy (non-hydrogen) atoms. The normalized spacial score (nSPS) is 18.1. The van der Waals surface area contributed by atoms with Gasteiger partial charge in [0.15, 0.2) is 0 Å². The van der Waals surface area contributed by atoms with Crippen molar-refractivity contribution in [1.29, 1.82) is 5.26 Å². The molecular weight excluding hydrogens is 522 g/mol. The number of nitriles is 1. The van der Waals surface area contributed by atoms with Crippen molar-refractivity contribution in [2.75, 3.05) is 31.7 Å². The lowest BCUT2D eigenvalue weighted by molar-refractivity contribution is -0.145. The number of piperidine rings is 1. The minimum absolute atomic E-state index is 0.106. The van der Waals surface area contributed by atoms with E-state index in [-0.39, 0.29) is 24.6 Å². The standard InChI is InChI=1S/C30H31N7O4/c1-30(2,39)18-41-24-10-25(29-21(11-31)14-34-36(29)17-24)20-5-6-26(32-13-20)35-15-22-9-23(16-35)37(22)28(38)8-19-4-7-27(40-3)33-12-19/h4-7,10,12-14,17,22-23,39H,8-9,15-16,18H2,1-3H3. The molecule has 0 radical (unpaired) electrons. The smallest absolute Gasteiger partial charge is 0.227 e. The summed E-state index contributed by atoms with van der Waals surface area (Å²) in [5, 5.41) is 24.1. The Labute approximate surface area is 237 Å². The van der Waals surface area contributed by atoms with Gasteiger partial charge in [-0.2, -0.15) is 10.4 Å². The molecule has 3 fully saturated rings. The third-order valence-corrected chi connectivity index (χ3v) is 7.53. The van der Waals surface area contributed by atoms with Gasteiger partial charge in [-0.15, -0.1) is 0 Å². The number of methoxy groups -OCH3 is 1. The number of carbonyl (C=O) groups excluding carboxylic acids is 1. The molecule has 2 atom stereocenters. The number of aliphatic hydroxyl groups is 1. The van der Waals surface area contributed by atoms with Gasteiger partial charge in [0.1, 0.15) is 24.2 Å². The fourth-order valence-corrected chi connectivity index (χ4v) is 5.58. The van der Waals surface area contributed by atoms with Gasteiger partial charge in [0.2, 0.25) is 11.8 Å². The first-order chi connectivity index (χ1) is 19.7. The average molecular weight is 554 g/mol. The lowest BCUT2D eigenvalue weighted by atomic mass is 9.86. The van der Waals surface area contributed by atoms with Crippen LogP contribution in [-0.2, 0) is 11.2 Å². The van der Waals surface area contributed by atoms with Crippen LogP contribution in [0.2, 0.25) is 0 Å². The monoisotopic (exact) mass is 553 g/mol. The van der Waals surface area contributed by atoms with Gasteiger partial charge in [-0.3, -0.25) is 4.79 Å². The molecule has 2 unspecified atom stereocenters. The highest BCUT2D eigenvalue weighted by molar-refractivity contribution is 5.85. The van der Waals surface area contributed by atoms with E-state index in [2.05, 4.69) is 21.1 Å². The summed E-state index contributed by atoms with van der Waals surface area (Å²) in [4.78, 5) is 26.2. The van der Waals surface area contributed by atoms with Crippen LogP contribution in [0.15, 0.2) is 55.1 Å². The molecule has 210 valence electrons. The van der Waals surface area contributed by atoms with E-state index in [1.807, 2.05) is 29.2 Å². The predicted octanol–water partition coefficient (Wildman–Crippen LogP) is 2.85. The molecule has 4 aromatic rings. The first kappa shape index (κ1) is 26.5. The number of piperazine rings is 1. The highest BCUT2D eigenvalue weighted by Crippen LogP contribution is 2.36. The maximum Gasteiger partial charge on any atom is 0.227 e. The highest BCUT2D eigenvalue weighted by Gasteiger charge is 2.47. The number of pyridine rings is 3. The van der Waals surface area contributed by atoms with Gasteiger partial charge in [-0.25, -0.2) is 14.5 Å². The van der Waals surface area contributed by atoms with Gasteiger partial charge in [0.25, 0.3) is 0 Å². The van der Waals surface area contributed by atoms with E-state index in [4.69, 9.17) is 14.5 Å². The van der Waals surface area contributed by atoms with E-state index in [0.29, 0.717) is 29.1 Å². The molecule has 7 heterocycles. The number of amides is 1. The van der Waals surface area contributed by atoms with Gasteiger partial charge in [-0.05, 0) is 44.0 Å². The topological polar surface area (TPSA) is 129 Å². The maximum atomic E-state index is 13.1. The molecular formula is C30H31N7O4. The lowest BCUT2D eigenvalue weighted by Crippen LogP contribution is -2.70. The summed E-state index contributed by atoms with van der Waals surface area (Å²) in [6, 6.07) is 12.0. The number of hydrogen-bond donors (Lipinski definition) is 1. The van der Waals surface area contributed by atoms with Crippen LogP contribution < -0.4 is 14.4 Å². The van der Waals surface area contributed by atoms with E-state index < -0.39 is 5.60 Å². The van der Waals surface area contributed by atoms with Gasteiger partial charge >= 0.3 is 0 Å². The number of fused-ring (bicyclic) bond motifs is 3. The van der Waals surface area contributed by atoms with Crippen LogP contribution in [0.5, 0.6) is 11.6 Å². The molecule has 7 rings (SSSR count). The molecule has 1 N–H and O–H groups in total. The largest absolute Gasteiger partial charge is 0.489 e. The number of rotatable bonds is 8. The van der Waals surface area contributed by atoms with Crippen LogP contribution in [0.25, 0.3) is 16.6 Å². The molecule has 3 aliphatic rings. The second-order valence-corrected chi connectivity index (χ2v) is 11.2. The first-order valence-electron chi connectivity index (χ1n) is 13.5. The molecule has 0 aromatic carbocycles. The summed E-state index contributed by atoms with van der Waals surface area (Å²) < 4.78 is 12.6. The Morgan fingerprint density at radius 1 is 1.15 bits per heavy atom. The molecule has 11 heteroatoms. The zero-order valence-electron chi connectivity index (χ0n) is 23.2. The number of ether oxygens (including phenoxy) is 2. The van der Waals surface area contributed by atoms with Gasteiger partial charge < -0.3 is 24.4 Å².